The van der Waals surface area contributed by atoms with E-state index in [1.54, 1.807) is 6.07 Å². The molecule has 0 N–H and O–H groups in total. The van der Waals surface area contributed by atoms with Gasteiger partial charge in [-0.1, -0.05) is 23.2 Å². The van der Waals surface area contributed by atoms with Crippen molar-refractivity contribution in [2.75, 3.05) is 14.1 Å². The fourth-order valence-electron chi connectivity index (χ4n) is 1.61. The lowest BCUT2D eigenvalue weighted by molar-refractivity contribution is 0.397. The Morgan fingerprint density at radius 3 is 2.62 bits per heavy atom. The second-order valence-corrected chi connectivity index (χ2v) is 4.84. The molecule has 0 radical (unpaired) electrons. The second-order valence-electron chi connectivity index (χ2n) is 3.99. The van der Waals surface area contributed by atoms with Crippen molar-refractivity contribution in [2.45, 2.75) is 6.54 Å². The van der Waals surface area contributed by atoms with Crippen molar-refractivity contribution in [1.29, 1.82) is 0 Å². The summed E-state index contributed by atoms with van der Waals surface area (Å²) >= 11 is 12.0. The molecule has 1 aromatic carbocycles. The van der Waals surface area contributed by atoms with Gasteiger partial charge in [-0.2, -0.15) is 0 Å². The van der Waals surface area contributed by atoms with Crippen LogP contribution in [0.25, 0.3) is 10.9 Å². The van der Waals surface area contributed by atoms with Crippen molar-refractivity contribution in [3.05, 3.63) is 40.0 Å². The molecule has 1 heterocycles. The molecule has 16 heavy (non-hydrogen) atoms. The summed E-state index contributed by atoms with van der Waals surface area (Å²) in [5.74, 6) is 0. The minimum atomic E-state index is 0.618. The van der Waals surface area contributed by atoms with Crippen molar-refractivity contribution in [1.82, 2.24) is 9.88 Å². The van der Waals surface area contributed by atoms with E-state index >= 15 is 0 Å². The van der Waals surface area contributed by atoms with E-state index in [0.717, 1.165) is 23.1 Å². The molecule has 0 unspecified atom stereocenters. The summed E-state index contributed by atoms with van der Waals surface area (Å²) in [5, 5.41) is 2.20. The molecule has 2 rings (SSSR count). The molecular weight excluding hydrogens is 243 g/mol. The smallest absolute Gasteiger partial charge is 0.0735 e. The Balaban J connectivity index is 2.53. The topological polar surface area (TPSA) is 16.1 Å². The van der Waals surface area contributed by atoms with E-state index in [2.05, 4.69) is 9.88 Å². The third-order valence-corrected chi connectivity index (χ3v) is 2.79. The van der Waals surface area contributed by atoms with Gasteiger partial charge >= 0.3 is 0 Å². The van der Waals surface area contributed by atoms with E-state index in [-0.39, 0.29) is 0 Å². The van der Waals surface area contributed by atoms with Gasteiger partial charge in [-0.3, -0.25) is 4.98 Å². The maximum absolute atomic E-state index is 6.09. The molecule has 0 bridgehead atoms. The number of hydrogen-bond acceptors (Lipinski definition) is 2. The molecule has 0 saturated heterocycles. The van der Waals surface area contributed by atoms with Gasteiger partial charge in [0.2, 0.25) is 0 Å². The summed E-state index contributed by atoms with van der Waals surface area (Å²) in [6, 6.07) is 7.54. The Bertz CT molecular complexity index is 524. The molecule has 0 aliphatic rings. The van der Waals surface area contributed by atoms with Crippen LogP contribution in [0.3, 0.4) is 0 Å². The lowest BCUT2D eigenvalue weighted by Crippen LogP contribution is -2.11. The second kappa shape index (κ2) is 4.58. The first-order chi connectivity index (χ1) is 7.56. The van der Waals surface area contributed by atoms with Gasteiger partial charge in [-0.15, -0.1) is 0 Å². The summed E-state index contributed by atoms with van der Waals surface area (Å²) < 4.78 is 0. The predicted octanol–water partition coefficient (Wildman–Crippen LogP) is 3.60. The molecule has 0 fully saturated rings. The summed E-state index contributed by atoms with van der Waals surface area (Å²) in [7, 11) is 4.02. The Labute approximate surface area is 105 Å². The molecule has 1 aromatic heterocycles. The van der Waals surface area contributed by atoms with Gasteiger partial charge in [0, 0.05) is 17.0 Å². The fourth-order valence-corrected chi connectivity index (χ4v) is 2.16. The summed E-state index contributed by atoms with van der Waals surface area (Å²) in [5.41, 5.74) is 1.85. The first kappa shape index (κ1) is 11.6. The predicted molar refractivity (Wildman–Crippen MR) is 69.2 cm³/mol. The molecular formula is C12H12Cl2N2. The number of aromatic nitrogens is 1. The quantitative estimate of drug-likeness (QED) is 0.815. The first-order valence-corrected chi connectivity index (χ1v) is 5.71. The van der Waals surface area contributed by atoms with E-state index in [1.807, 2.05) is 32.3 Å². The third-order valence-electron chi connectivity index (χ3n) is 2.26. The highest BCUT2D eigenvalue weighted by Gasteiger charge is 2.04. The van der Waals surface area contributed by atoms with Crippen LogP contribution in [0.1, 0.15) is 5.69 Å². The van der Waals surface area contributed by atoms with Crippen LogP contribution in [0, 0.1) is 0 Å². The molecule has 84 valence electrons. The van der Waals surface area contributed by atoms with E-state index in [4.69, 9.17) is 23.2 Å². The number of fused-ring (bicyclic) bond motifs is 1. The number of benzene rings is 1. The minimum absolute atomic E-state index is 0.618. The minimum Gasteiger partial charge on any atom is -0.304 e. The average Bonchev–Trinajstić information content (AvgIpc) is 2.15. The van der Waals surface area contributed by atoms with Crippen LogP contribution in [0.5, 0.6) is 0 Å². The summed E-state index contributed by atoms with van der Waals surface area (Å²) in [6.45, 7) is 0.806. The normalized spacial score (nSPS) is 11.3. The van der Waals surface area contributed by atoms with Crippen molar-refractivity contribution in [3.8, 4) is 0 Å². The molecule has 4 heteroatoms. The maximum Gasteiger partial charge on any atom is 0.0735 e. The highest BCUT2D eigenvalue weighted by molar-refractivity contribution is 6.38. The molecule has 0 atom stereocenters. The highest BCUT2D eigenvalue weighted by Crippen LogP contribution is 2.26. The number of halogens is 2. The maximum atomic E-state index is 6.09. The largest absolute Gasteiger partial charge is 0.304 e. The molecule has 0 aliphatic heterocycles. The molecule has 0 spiro atoms. The molecule has 2 nitrogen and oxygen atoms in total. The Hall–Kier alpha value is -0.830. The van der Waals surface area contributed by atoms with Gasteiger partial charge < -0.3 is 4.90 Å². The zero-order valence-corrected chi connectivity index (χ0v) is 10.7. The van der Waals surface area contributed by atoms with Crippen LogP contribution in [0.2, 0.25) is 10.0 Å². The van der Waals surface area contributed by atoms with Crippen LogP contribution in [0.15, 0.2) is 24.3 Å². The van der Waals surface area contributed by atoms with Crippen molar-refractivity contribution in [3.63, 3.8) is 0 Å². The van der Waals surface area contributed by atoms with E-state index < -0.39 is 0 Å². The number of nitrogens with zero attached hydrogens (tertiary/aromatic N) is 2. The van der Waals surface area contributed by atoms with Gasteiger partial charge in [0.05, 0.1) is 16.2 Å². The van der Waals surface area contributed by atoms with Crippen LogP contribution in [-0.4, -0.2) is 24.0 Å². The van der Waals surface area contributed by atoms with Crippen LogP contribution in [-0.2, 0) is 6.54 Å². The van der Waals surface area contributed by atoms with Crippen molar-refractivity contribution in [2.24, 2.45) is 0 Å². The zero-order valence-electron chi connectivity index (χ0n) is 9.17. The van der Waals surface area contributed by atoms with Crippen molar-refractivity contribution >= 4 is 34.1 Å². The Morgan fingerprint density at radius 2 is 1.94 bits per heavy atom. The fraction of sp³-hybridized carbons (Fsp3) is 0.250. The van der Waals surface area contributed by atoms with E-state index in [0.29, 0.717) is 10.0 Å². The lowest BCUT2D eigenvalue weighted by atomic mass is 10.2. The monoisotopic (exact) mass is 254 g/mol. The standard InChI is InChI=1S/C12H12Cl2N2/c1-16(2)7-9-3-4-10-11(14)5-8(13)6-12(10)15-9/h3-6H,7H2,1-2H3. The Morgan fingerprint density at radius 1 is 1.19 bits per heavy atom. The van der Waals surface area contributed by atoms with E-state index in [1.165, 1.54) is 0 Å². The van der Waals surface area contributed by atoms with Crippen LogP contribution >= 0.6 is 23.2 Å². The Kier molecular flexibility index (Phi) is 3.33. The zero-order chi connectivity index (χ0) is 11.7. The third kappa shape index (κ3) is 2.46. The highest BCUT2D eigenvalue weighted by atomic mass is 35.5. The summed E-state index contributed by atoms with van der Waals surface area (Å²) in [6.07, 6.45) is 0. The van der Waals surface area contributed by atoms with Crippen LogP contribution < -0.4 is 0 Å². The van der Waals surface area contributed by atoms with Gasteiger partial charge in [-0.25, -0.2) is 0 Å². The SMILES string of the molecule is CN(C)Cc1ccc2c(Cl)cc(Cl)cc2n1. The number of rotatable bonds is 2. The summed E-state index contributed by atoms with van der Waals surface area (Å²) in [4.78, 5) is 6.60. The number of pyridine rings is 1. The van der Waals surface area contributed by atoms with Gasteiger partial charge in [-0.05, 0) is 38.4 Å². The van der Waals surface area contributed by atoms with Crippen molar-refractivity contribution < 1.29 is 0 Å². The van der Waals surface area contributed by atoms with Gasteiger partial charge in [0.15, 0.2) is 0 Å². The number of hydrogen-bond donors (Lipinski definition) is 0. The van der Waals surface area contributed by atoms with Gasteiger partial charge in [0.1, 0.15) is 0 Å². The lowest BCUT2D eigenvalue weighted by Gasteiger charge is -2.10. The molecule has 2 aromatic rings. The average molecular weight is 255 g/mol. The molecule has 0 amide bonds. The van der Waals surface area contributed by atoms with E-state index in [9.17, 15) is 0 Å². The molecule has 0 aliphatic carbocycles. The molecule has 0 saturated carbocycles. The first-order valence-electron chi connectivity index (χ1n) is 4.95. The van der Waals surface area contributed by atoms with Gasteiger partial charge in [0.25, 0.3) is 0 Å². The van der Waals surface area contributed by atoms with Crippen LogP contribution in [0.4, 0.5) is 0 Å².